The molecular weight excluding hydrogens is 296 g/mol. The van der Waals surface area contributed by atoms with Crippen molar-refractivity contribution >= 4 is 29.2 Å². The second kappa shape index (κ2) is 6.54. The van der Waals surface area contributed by atoms with Crippen LogP contribution >= 0.6 is 23.4 Å². The predicted molar refractivity (Wildman–Crippen MR) is 81.1 cm³/mol. The summed E-state index contributed by atoms with van der Waals surface area (Å²) in [4.78, 5) is 1.94. The van der Waals surface area contributed by atoms with Crippen LogP contribution in [-0.4, -0.2) is 18.2 Å². The molecule has 0 unspecified atom stereocenters. The van der Waals surface area contributed by atoms with Gasteiger partial charge in [-0.15, -0.1) is 0 Å². The number of rotatable bonds is 4. The van der Waals surface area contributed by atoms with Crippen LogP contribution in [0.1, 0.15) is 5.56 Å². The maximum absolute atomic E-state index is 8.64. The molecule has 2 aromatic rings. The zero-order valence-corrected chi connectivity index (χ0v) is 12.3. The molecule has 6 heteroatoms. The Hall–Kier alpha value is -1.85. The molecule has 0 spiro atoms. The Balaban J connectivity index is 2.20. The van der Waals surface area contributed by atoms with Crippen molar-refractivity contribution in [2.45, 2.75) is 9.79 Å². The quantitative estimate of drug-likeness (QED) is 0.392. The number of hydrogen-bond acceptors (Lipinski definition) is 4. The van der Waals surface area contributed by atoms with E-state index in [9.17, 15) is 0 Å². The highest BCUT2D eigenvalue weighted by Gasteiger charge is 2.07. The lowest BCUT2D eigenvalue weighted by Gasteiger charge is -2.07. The van der Waals surface area contributed by atoms with Crippen molar-refractivity contribution in [3.05, 3.63) is 53.1 Å². The molecule has 0 aliphatic heterocycles. The van der Waals surface area contributed by atoms with E-state index in [0.29, 0.717) is 10.6 Å². The van der Waals surface area contributed by atoms with Gasteiger partial charge in [0.1, 0.15) is 5.75 Å². The van der Waals surface area contributed by atoms with Gasteiger partial charge in [-0.2, -0.15) is 0 Å². The maximum atomic E-state index is 8.64. The lowest BCUT2D eigenvalue weighted by molar-refractivity contribution is 0.318. The molecule has 0 aliphatic rings. The number of hydrogen-bond donors (Lipinski definition) is 2. The topological polar surface area (TPSA) is 67.8 Å². The molecule has 2 aromatic carbocycles. The second-order valence-corrected chi connectivity index (χ2v) is 5.43. The summed E-state index contributed by atoms with van der Waals surface area (Å²) in [5, 5.41) is 12.1. The first-order valence-corrected chi connectivity index (χ1v) is 6.93. The van der Waals surface area contributed by atoms with Crippen molar-refractivity contribution in [2.24, 2.45) is 10.9 Å². The van der Waals surface area contributed by atoms with E-state index in [0.717, 1.165) is 15.5 Å². The van der Waals surface area contributed by atoms with Gasteiger partial charge in [-0.3, -0.25) is 0 Å². The van der Waals surface area contributed by atoms with Crippen LogP contribution in [-0.2, 0) is 0 Å². The first-order chi connectivity index (χ1) is 9.63. The zero-order valence-electron chi connectivity index (χ0n) is 10.7. The van der Waals surface area contributed by atoms with Crippen molar-refractivity contribution < 1.29 is 9.94 Å². The molecule has 0 heterocycles. The molecular formula is C14H13ClN2O2S. The van der Waals surface area contributed by atoms with E-state index in [4.69, 9.17) is 27.3 Å². The molecule has 0 saturated carbocycles. The Kier molecular flexibility index (Phi) is 4.76. The number of oxime groups is 1. The van der Waals surface area contributed by atoms with Crippen molar-refractivity contribution in [3.8, 4) is 5.75 Å². The first kappa shape index (κ1) is 14.6. The average molecular weight is 309 g/mol. The largest absolute Gasteiger partial charge is 0.497 e. The lowest BCUT2D eigenvalue weighted by Crippen LogP contribution is -2.12. The molecule has 2 rings (SSSR count). The summed E-state index contributed by atoms with van der Waals surface area (Å²) in [7, 11) is 1.63. The highest BCUT2D eigenvalue weighted by atomic mass is 35.5. The Labute approximate surface area is 126 Å². The van der Waals surface area contributed by atoms with Gasteiger partial charge in [0, 0.05) is 15.4 Å². The Morgan fingerprint density at radius 2 is 1.95 bits per heavy atom. The number of halogens is 1. The van der Waals surface area contributed by atoms with Gasteiger partial charge in [-0.25, -0.2) is 0 Å². The summed E-state index contributed by atoms with van der Waals surface area (Å²) in [6.45, 7) is 0. The fourth-order valence-corrected chi connectivity index (χ4v) is 2.69. The van der Waals surface area contributed by atoms with Crippen molar-refractivity contribution in [1.82, 2.24) is 0 Å². The van der Waals surface area contributed by atoms with Crippen molar-refractivity contribution in [1.29, 1.82) is 0 Å². The van der Waals surface area contributed by atoms with E-state index in [1.54, 1.807) is 19.2 Å². The van der Waals surface area contributed by atoms with Crippen LogP contribution in [0, 0.1) is 0 Å². The summed E-state index contributed by atoms with van der Waals surface area (Å²) in [6.07, 6.45) is 0. The fraction of sp³-hybridized carbons (Fsp3) is 0.0714. The van der Waals surface area contributed by atoms with Gasteiger partial charge in [0.05, 0.1) is 12.1 Å². The number of benzene rings is 2. The maximum Gasteiger partial charge on any atom is 0.170 e. The van der Waals surface area contributed by atoms with Gasteiger partial charge in [-0.05, 0) is 42.5 Å². The molecule has 20 heavy (non-hydrogen) atoms. The number of ether oxygens (including phenoxy) is 1. The number of methoxy groups -OCH3 is 1. The van der Waals surface area contributed by atoms with E-state index in [1.807, 2.05) is 30.3 Å². The molecule has 0 aromatic heterocycles. The number of nitrogens with zero attached hydrogens (tertiary/aromatic N) is 1. The minimum Gasteiger partial charge on any atom is -0.497 e. The van der Waals surface area contributed by atoms with Crippen molar-refractivity contribution in [3.63, 3.8) is 0 Å². The average Bonchev–Trinajstić information content (AvgIpc) is 2.49. The van der Waals surface area contributed by atoms with Gasteiger partial charge >= 0.3 is 0 Å². The molecule has 0 aliphatic carbocycles. The third-order valence-electron chi connectivity index (χ3n) is 2.62. The van der Waals surface area contributed by atoms with Crippen LogP contribution in [0.15, 0.2) is 57.4 Å². The minimum absolute atomic E-state index is 0.0351. The molecule has 0 atom stereocenters. The lowest BCUT2D eigenvalue weighted by atomic mass is 10.2. The number of nitrogens with two attached hydrogens (primary N) is 1. The molecule has 0 amide bonds. The summed E-state index contributed by atoms with van der Waals surface area (Å²) in [5.41, 5.74) is 6.10. The minimum atomic E-state index is 0.0351. The van der Waals surface area contributed by atoms with Crippen LogP contribution in [0.2, 0.25) is 5.02 Å². The standard InChI is InChI=1S/C14H13ClN2O2S/c1-19-10-3-5-11(6-4-10)20-13-7-2-9(8-12(13)15)14(16)17-18/h2-8,18H,1H3,(H2,16,17). The normalized spacial score (nSPS) is 11.4. The fourth-order valence-electron chi connectivity index (χ4n) is 1.57. The third kappa shape index (κ3) is 3.37. The highest BCUT2D eigenvalue weighted by Crippen LogP contribution is 2.34. The van der Waals surface area contributed by atoms with Gasteiger partial charge in [0.2, 0.25) is 0 Å². The SMILES string of the molecule is COc1ccc(Sc2ccc(C(N)=NO)cc2Cl)cc1. The van der Waals surface area contributed by atoms with Gasteiger partial charge in [0.15, 0.2) is 5.84 Å². The first-order valence-electron chi connectivity index (χ1n) is 5.73. The van der Waals surface area contributed by atoms with Crippen LogP contribution in [0.3, 0.4) is 0 Å². The molecule has 104 valence electrons. The van der Waals surface area contributed by atoms with E-state index in [-0.39, 0.29) is 5.84 Å². The van der Waals surface area contributed by atoms with E-state index >= 15 is 0 Å². The monoisotopic (exact) mass is 308 g/mol. The van der Waals surface area contributed by atoms with E-state index in [1.165, 1.54) is 11.8 Å². The van der Waals surface area contributed by atoms with Gasteiger partial charge in [0.25, 0.3) is 0 Å². The molecule has 0 fully saturated rings. The van der Waals surface area contributed by atoms with Gasteiger partial charge in [-0.1, -0.05) is 28.5 Å². The summed E-state index contributed by atoms with van der Waals surface area (Å²) < 4.78 is 5.11. The van der Waals surface area contributed by atoms with Crippen LogP contribution in [0.4, 0.5) is 0 Å². The van der Waals surface area contributed by atoms with Crippen LogP contribution in [0.5, 0.6) is 5.75 Å². The summed E-state index contributed by atoms with van der Waals surface area (Å²) >= 11 is 7.73. The van der Waals surface area contributed by atoms with Crippen molar-refractivity contribution in [2.75, 3.05) is 7.11 Å². The second-order valence-electron chi connectivity index (χ2n) is 3.91. The van der Waals surface area contributed by atoms with E-state index < -0.39 is 0 Å². The smallest absolute Gasteiger partial charge is 0.170 e. The Morgan fingerprint density at radius 1 is 1.25 bits per heavy atom. The number of amidine groups is 1. The Morgan fingerprint density at radius 3 is 2.50 bits per heavy atom. The Bertz CT molecular complexity index is 630. The molecule has 4 nitrogen and oxygen atoms in total. The van der Waals surface area contributed by atoms with Gasteiger partial charge < -0.3 is 15.7 Å². The predicted octanol–water partition coefficient (Wildman–Crippen LogP) is 3.59. The third-order valence-corrected chi connectivity index (χ3v) is 4.13. The van der Waals surface area contributed by atoms with Crippen LogP contribution in [0.25, 0.3) is 0 Å². The molecule has 3 N–H and O–H groups in total. The highest BCUT2D eigenvalue weighted by molar-refractivity contribution is 7.99. The molecule has 0 radical (unpaired) electrons. The van der Waals surface area contributed by atoms with E-state index in [2.05, 4.69) is 5.16 Å². The molecule has 0 saturated heterocycles. The van der Waals surface area contributed by atoms with Crippen LogP contribution < -0.4 is 10.5 Å². The molecule has 0 bridgehead atoms. The summed E-state index contributed by atoms with van der Waals surface area (Å²) in [6, 6.07) is 13.0. The summed E-state index contributed by atoms with van der Waals surface area (Å²) in [5.74, 6) is 0.843. The zero-order chi connectivity index (χ0) is 14.5.